The standard InChI is InChI=1S/C25H31N3O5S2/c1-4-35(30,31)20-8-5-7-19(17-20)24(29)28(12-6-11-27-13-15-33-16-14-27)25-26-22-21(32-3)10-9-18(2)23(22)34-25/h5,7-10,17H,4,6,11-16H2,1-3H3. The van der Waals surface area contributed by atoms with E-state index in [2.05, 4.69) is 4.90 Å². The summed E-state index contributed by atoms with van der Waals surface area (Å²) in [7, 11) is -1.82. The number of aryl methyl sites for hydroxylation is 1. The van der Waals surface area contributed by atoms with Crippen LogP contribution in [0.2, 0.25) is 0 Å². The molecule has 0 N–H and O–H groups in total. The molecule has 0 bridgehead atoms. The lowest BCUT2D eigenvalue weighted by atomic mass is 10.2. The van der Waals surface area contributed by atoms with Crippen LogP contribution in [0.4, 0.5) is 5.13 Å². The Morgan fingerprint density at radius 2 is 2.00 bits per heavy atom. The van der Waals surface area contributed by atoms with Crippen LogP contribution in [0.3, 0.4) is 0 Å². The normalized spacial score (nSPS) is 14.8. The summed E-state index contributed by atoms with van der Waals surface area (Å²) < 4.78 is 36.7. The van der Waals surface area contributed by atoms with Gasteiger partial charge in [0, 0.05) is 31.7 Å². The molecule has 0 unspecified atom stereocenters. The van der Waals surface area contributed by atoms with E-state index in [1.165, 1.54) is 23.5 Å². The maximum atomic E-state index is 13.7. The molecule has 0 aliphatic carbocycles. The van der Waals surface area contributed by atoms with E-state index in [0.29, 0.717) is 23.0 Å². The van der Waals surface area contributed by atoms with Crippen molar-refractivity contribution in [3.8, 4) is 5.75 Å². The second-order valence-electron chi connectivity index (χ2n) is 8.45. The van der Waals surface area contributed by atoms with Gasteiger partial charge in [-0.1, -0.05) is 30.4 Å². The number of nitrogens with zero attached hydrogens (tertiary/aromatic N) is 3. The van der Waals surface area contributed by atoms with E-state index in [1.54, 1.807) is 31.1 Å². The summed E-state index contributed by atoms with van der Waals surface area (Å²) in [6, 6.07) is 10.1. The minimum atomic E-state index is -3.43. The molecule has 0 atom stereocenters. The average Bonchev–Trinajstić information content (AvgIpc) is 3.33. The van der Waals surface area contributed by atoms with Crippen LogP contribution in [0.5, 0.6) is 5.75 Å². The summed E-state index contributed by atoms with van der Waals surface area (Å²) >= 11 is 1.45. The van der Waals surface area contributed by atoms with Gasteiger partial charge in [0.15, 0.2) is 15.0 Å². The average molecular weight is 518 g/mol. The molecule has 35 heavy (non-hydrogen) atoms. The molecule has 188 valence electrons. The van der Waals surface area contributed by atoms with E-state index in [-0.39, 0.29) is 16.6 Å². The molecular weight excluding hydrogens is 486 g/mol. The minimum Gasteiger partial charge on any atom is -0.494 e. The van der Waals surface area contributed by atoms with Gasteiger partial charge in [0.1, 0.15) is 11.3 Å². The number of thiazole rings is 1. The zero-order valence-corrected chi connectivity index (χ0v) is 22.0. The van der Waals surface area contributed by atoms with Crippen molar-refractivity contribution in [1.82, 2.24) is 9.88 Å². The lowest BCUT2D eigenvalue weighted by molar-refractivity contribution is 0.0376. The predicted octanol–water partition coefficient (Wildman–Crippen LogP) is 3.78. The first-order chi connectivity index (χ1) is 16.8. The molecule has 0 spiro atoms. The first kappa shape index (κ1) is 25.6. The number of hydrogen-bond donors (Lipinski definition) is 0. The van der Waals surface area contributed by atoms with Crippen LogP contribution in [0, 0.1) is 6.92 Å². The largest absolute Gasteiger partial charge is 0.494 e. The highest BCUT2D eigenvalue weighted by molar-refractivity contribution is 7.91. The van der Waals surface area contributed by atoms with Crippen LogP contribution >= 0.6 is 11.3 Å². The topological polar surface area (TPSA) is 89.0 Å². The van der Waals surface area contributed by atoms with E-state index < -0.39 is 9.84 Å². The summed E-state index contributed by atoms with van der Waals surface area (Å²) in [6.45, 7) is 8.10. The molecule has 1 fully saturated rings. The van der Waals surface area contributed by atoms with Crippen molar-refractivity contribution in [3.05, 3.63) is 47.5 Å². The molecule has 3 aromatic rings. The highest BCUT2D eigenvalue weighted by Gasteiger charge is 2.24. The molecule has 1 aliphatic rings. The zero-order chi connectivity index (χ0) is 25.0. The van der Waals surface area contributed by atoms with Gasteiger partial charge in [-0.25, -0.2) is 13.4 Å². The van der Waals surface area contributed by atoms with Gasteiger partial charge in [0.25, 0.3) is 5.91 Å². The fourth-order valence-electron chi connectivity index (χ4n) is 4.08. The second kappa shape index (κ2) is 11.0. The summed E-state index contributed by atoms with van der Waals surface area (Å²) in [5, 5.41) is 0.573. The maximum absolute atomic E-state index is 13.7. The highest BCUT2D eigenvalue weighted by atomic mass is 32.2. The van der Waals surface area contributed by atoms with Crippen molar-refractivity contribution in [2.45, 2.75) is 25.2 Å². The zero-order valence-electron chi connectivity index (χ0n) is 20.3. The number of sulfone groups is 1. The number of anilines is 1. The van der Waals surface area contributed by atoms with Gasteiger partial charge in [-0.2, -0.15) is 0 Å². The number of ether oxygens (including phenoxy) is 2. The highest BCUT2D eigenvalue weighted by Crippen LogP contribution is 2.37. The first-order valence-electron chi connectivity index (χ1n) is 11.7. The molecule has 0 radical (unpaired) electrons. The number of morpholine rings is 1. The van der Waals surface area contributed by atoms with Crippen molar-refractivity contribution >= 4 is 42.4 Å². The third-order valence-electron chi connectivity index (χ3n) is 6.17. The van der Waals surface area contributed by atoms with E-state index in [0.717, 1.165) is 55.0 Å². The number of amides is 1. The van der Waals surface area contributed by atoms with Crippen LogP contribution in [0.25, 0.3) is 10.2 Å². The molecule has 2 heterocycles. The molecular formula is C25H31N3O5S2. The maximum Gasteiger partial charge on any atom is 0.260 e. The molecule has 0 saturated carbocycles. The van der Waals surface area contributed by atoms with Gasteiger partial charge in [-0.15, -0.1) is 0 Å². The van der Waals surface area contributed by atoms with Crippen molar-refractivity contribution in [3.63, 3.8) is 0 Å². The van der Waals surface area contributed by atoms with E-state index in [4.69, 9.17) is 14.5 Å². The van der Waals surface area contributed by atoms with Gasteiger partial charge < -0.3 is 9.47 Å². The van der Waals surface area contributed by atoms with Gasteiger partial charge in [-0.05, 0) is 43.2 Å². The monoisotopic (exact) mass is 517 g/mol. The fourth-order valence-corrected chi connectivity index (χ4v) is 6.09. The van der Waals surface area contributed by atoms with Gasteiger partial charge >= 0.3 is 0 Å². The Morgan fingerprint density at radius 1 is 1.23 bits per heavy atom. The van der Waals surface area contributed by atoms with Crippen molar-refractivity contribution in [2.24, 2.45) is 0 Å². The third-order valence-corrected chi connectivity index (χ3v) is 9.11. The van der Waals surface area contributed by atoms with Crippen LogP contribution < -0.4 is 9.64 Å². The van der Waals surface area contributed by atoms with Crippen molar-refractivity contribution in [1.29, 1.82) is 0 Å². The number of carbonyl (C=O) groups is 1. The molecule has 1 aromatic heterocycles. The number of methoxy groups -OCH3 is 1. The third kappa shape index (κ3) is 5.66. The molecule has 1 aliphatic heterocycles. The first-order valence-corrected chi connectivity index (χ1v) is 14.2. The smallest absolute Gasteiger partial charge is 0.260 e. The van der Waals surface area contributed by atoms with Gasteiger partial charge in [0.05, 0.1) is 35.7 Å². The summed E-state index contributed by atoms with van der Waals surface area (Å²) in [4.78, 5) is 22.7. The van der Waals surface area contributed by atoms with Crippen molar-refractivity contribution < 1.29 is 22.7 Å². The molecule has 2 aromatic carbocycles. The molecule has 10 heteroatoms. The summed E-state index contributed by atoms with van der Waals surface area (Å²) in [5.74, 6) is 0.367. The summed E-state index contributed by atoms with van der Waals surface area (Å²) in [6.07, 6.45) is 0.755. The number of carbonyl (C=O) groups excluding carboxylic acids is 1. The van der Waals surface area contributed by atoms with Crippen LogP contribution in [-0.4, -0.2) is 76.5 Å². The second-order valence-corrected chi connectivity index (χ2v) is 11.7. The Balaban J connectivity index is 1.68. The Morgan fingerprint density at radius 3 is 2.71 bits per heavy atom. The SMILES string of the molecule is CCS(=O)(=O)c1cccc(C(=O)N(CCCN2CCOCC2)c2nc3c(OC)ccc(C)c3s2)c1. The lowest BCUT2D eigenvalue weighted by Gasteiger charge is -2.27. The lowest BCUT2D eigenvalue weighted by Crippen LogP contribution is -2.39. The minimum absolute atomic E-state index is 0.0230. The van der Waals surface area contributed by atoms with Gasteiger partial charge in [0.2, 0.25) is 0 Å². The number of aromatic nitrogens is 1. The Labute approximate surface area is 210 Å². The Bertz CT molecular complexity index is 1300. The predicted molar refractivity (Wildman–Crippen MR) is 139 cm³/mol. The van der Waals surface area contributed by atoms with Crippen LogP contribution in [0.1, 0.15) is 29.3 Å². The van der Waals surface area contributed by atoms with Crippen LogP contribution in [0.15, 0.2) is 41.3 Å². The fraction of sp³-hybridized carbons (Fsp3) is 0.440. The molecule has 1 saturated heterocycles. The van der Waals surface area contributed by atoms with E-state index in [9.17, 15) is 13.2 Å². The number of hydrogen-bond acceptors (Lipinski definition) is 8. The van der Waals surface area contributed by atoms with E-state index in [1.807, 2.05) is 19.1 Å². The summed E-state index contributed by atoms with van der Waals surface area (Å²) in [5.41, 5.74) is 2.11. The number of rotatable bonds is 9. The molecule has 8 nitrogen and oxygen atoms in total. The van der Waals surface area contributed by atoms with E-state index >= 15 is 0 Å². The Kier molecular flexibility index (Phi) is 8.05. The Hall–Kier alpha value is -2.53. The van der Waals surface area contributed by atoms with Crippen molar-refractivity contribution in [2.75, 3.05) is 57.2 Å². The van der Waals surface area contributed by atoms with Gasteiger partial charge in [-0.3, -0.25) is 14.6 Å². The number of benzene rings is 2. The molecule has 4 rings (SSSR count). The van der Waals surface area contributed by atoms with Crippen LogP contribution in [-0.2, 0) is 14.6 Å². The molecule has 1 amide bonds. The quantitative estimate of drug-likeness (QED) is 0.427. The number of fused-ring (bicyclic) bond motifs is 1.